The van der Waals surface area contributed by atoms with Crippen LogP contribution in [0, 0.1) is 0 Å². The maximum absolute atomic E-state index is 12.8. The average Bonchev–Trinajstić information content (AvgIpc) is 2.79. The number of amides is 1. The molecule has 3 aromatic carbocycles. The highest BCUT2D eigenvalue weighted by molar-refractivity contribution is 7.92. The summed E-state index contributed by atoms with van der Waals surface area (Å²) in [4.78, 5) is 12.7. The predicted octanol–water partition coefficient (Wildman–Crippen LogP) is 4.63. The van der Waals surface area contributed by atoms with Gasteiger partial charge in [-0.05, 0) is 53.9 Å². The van der Waals surface area contributed by atoms with Crippen molar-refractivity contribution in [3.05, 3.63) is 77.9 Å². The van der Waals surface area contributed by atoms with E-state index in [0.717, 1.165) is 0 Å². The van der Waals surface area contributed by atoms with Crippen LogP contribution in [0.4, 0.5) is 11.4 Å². The second kappa shape index (κ2) is 8.92. The zero-order valence-corrected chi connectivity index (χ0v) is 18.6. The van der Waals surface area contributed by atoms with Crippen molar-refractivity contribution in [2.75, 3.05) is 23.3 Å². The number of hydrogen-bond acceptors (Lipinski definition) is 5. The monoisotopic (exact) mass is 452 g/mol. The molecule has 0 atom stereocenters. The highest BCUT2D eigenvalue weighted by Crippen LogP contribution is 2.32. The van der Waals surface area contributed by atoms with E-state index in [2.05, 4.69) is 23.9 Å². The van der Waals surface area contributed by atoms with Crippen LogP contribution >= 0.6 is 0 Å². The van der Waals surface area contributed by atoms with E-state index < -0.39 is 10.0 Å². The molecule has 0 bridgehead atoms. The van der Waals surface area contributed by atoms with Crippen LogP contribution in [0.5, 0.6) is 11.5 Å². The van der Waals surface area contributed by atoms with Crippen molar-refractivity contribution in [2.24, 2.45) is 0 Å². The Morgan fingerprint density at radius 1 is 0.875 bits per heavy atom. The highest BCUT2D eigenvalue weighted by atomic mass is 32.2. The molecule has 0 saturated heterocycles. The van der Waals surface area contributed by atoms with Crippen LogP contribution in [0.25, 0.3) is 0 Å². The van der Waals surface area contributed by atoms with Gasteiger partial charge >= 0.3 is 0 Å². The van der Waals surface area contributed by atoms with Gasteiger partial charge in [0, 0.05) is 23.0 Å². The lowest BCUT2D eigenvalue weighted by Gasteiger charge is -2.19. The number of carbonyl (C=O) groups is 1. The Labute approximate surface area is 187 Å². The molecule has 32 heavy (non-hydrogen) atoms. The number of hydrogen-bond donors (Lipinski definition) is 2. The van der Waals surface area contributed by atoms with Gasteiger partial charge in [-0.1, -0.05) is 32.0 Å². The molecule has 1 heterocycles. The van der Waals surface area contributed by atoms with E-state index in [1.165, 1.54) is 23.8 Å². The molecule has 0 unspecified atom stereocenters. The second-order valence-electron chi connectivity index (χ2n) is 7.72. The fourth-order valence-corrected chi connectivity index (χ4v) is 4.35. The smallest absolute Gasteiger partial charge is 0.262 e. The number of anilines is 2. The molecule has 2 N–H and O–H groups in total. The van der Waals surface area contributed by atoms with Crippen LogP contribution in [0.1, 0.15) is 35.7 Å². The van der Waals surface area contributed by atoms with E-state index in [1.54, 1.807) is 24.3 Å². The second-order valence-corrected chi connectivity index (χ2v) is 9.41. The standard InChI is InChI=1S/C24H24N2O5S/c1-16(2)17-6-8-19(9-7-17)25-24(27)18-4-3-5-20(14-18)26-32(28,29)21-10-11-22-23(15-21)31-13-12-30-22/h3-11,14-16,26H,12-13H2,1-2H3,(H,25,27). The number of carbonyl (C=O) groups excluding carboxylic acids is 1. The van der Waals surface area contributed by atoms with Crippen LogP contribution in [0.3, 0.4) is 0 Å². The minimum absolute atomic E-state index is 0.0434. The Balaban J connectivity index is 1.49. The van der Waals surface area contributed by atoms with Crippen molar-refractivity contribution in [2.45, 2.75) is 24.7 Å². The van der Waals surface area contributed by atoms with Gasteiger partial charge in [0.25, 0.3) is 15.9 Å². The first-order chi connectivity index (χ1) is 15.3. The predicted molar refractivity (Wildman–Crippen MR) is 123 cm³/mol. The maximum atomic E-state index is 12.8. The van der Waals surface area contributed by atoms with E-state index in [-0.39, 0.29) is 16.5 Å². The van der Waals surface area contributed by atoms with Gasteiger partial charge in [-0.15, -0.1) is 0 Å². The molecule has 1 aliphatic heterocycles. The van der Waals surface area contributed by atoms with E-state index >= 15 is 0 Å². The molecule has 0 fully saturated rings. The van der Waals surface area contributed by atoms with Gasteiger partial charge in [-0.2, -0.15) is 0 Å². The summed E-state index contributed by atoms with van der Waals surface area (Å²) in [6.45, 7) is 4.99. The number of nitrogens with one attached hydrogen (secondary N) is 2. The quantitative estimate of drug-likeness (QED) is 0.569. The van der Waals surface area contributed by atoms with E-state index in [4.69, 9.17) is 9.47 Å². The number of sulfonamides is 1. The van der Waals surface area contributed by atoms with Crippen molar-refractivity contribution >= 4 is 27.3 Å². The summed E-state index contributed by atoms with van der Waals surface area (Å²) in [5.41, 5.74) is 2.46. The van der Waals surface area contributed by atoms with Gasteiger partial charge in [-0.25, -0.2) is 8.42 Å². The molecule has 0 aliphatic carbocycles. The van der Waals surface area contributed by atoms with Gasteiger partial charge in [0.2, 0.25) is 0 Å². The van der Waals surface area contributed by atoms with Gasteiger partial charge < -0.3 is 14.8 Å². The summed E-state index contributed by atoms with van der Waals surface area (Å²) in [6, 6.07) is 18.4. The Hall–Kier alpha value is -3.52. The molecule has 0 spiro atoms. The topological polar surface area (TPSA) is 93.7 Å². The lowest BCUT2D eigenvalue weighted by Crippen LogP contribution is -2.17. The molecule has 0 radical (unpaired) electrons. The fraction of sp³-hybridized carbons (Fsp3) is 0.208. The van der Waals surface area contributed by atoms with Crippen molar-refractivity contribution in [3.8, 4) is 11.5 Å². The third kappa shape index (κ3) is 4.86. The van der Waals surface area contributed by atoms with Crippen molar-refractivity contribution in [1.82, 2.24) is 0 Å². The molecular formula is C24H24N2O5S. The molecule has 4 rings (SSSR count). The molecule has 166 valence electrons. The molecular weight excluding hydrogens is 428 g/mol. The van der Waals surface area contributed by atoms with Crippen LogP contribution in [-0.2, 0) is 10.0 Å². The number of ether oxygens (including phenoxy) is 2. The normalized spacial score (nSPS) is 13.0. The molecule has 3 aromatic rings. The molecule has 0 aromatic heterocycles. The first kappa shape index (κ1) is 21.7. The van der Waals surface area contributed by atoms with Gasteiger partial charge in [0.05, 0.1) is 4.90 Å². The van der Waals surface area contributed by atoms with Gasteiger partial charge in [-0.3, -0.25) is 9.52 Å². The largest absolute Gasteiger partial charge is 0.486 e. The summed E-state index contributed by atoms with van der Waals surface area (Å²) < 4.78 is 39.1. The summed E-state index contributed by atoms with van der Waals surface area (Å²) in [6.07, 6.45) is 0. The van der Waals surface area contributed by atoms with Crippen LogP contribution in [0.15, 0.2) is 71.6 Å². The van der Waals surface area contributed by atoms with E-state index in [9.17, 15) is 13.2 Å². The average molecular weight is 453 g/mol. The lowest BCUT2D eigenvalue weighted by molar-refractivity contribution is 0.102. The summed E-state index contributed by atoms with van der Waals surface area (Å²) in [7, 11) is -3.88. The molecule has 0 saturated carbocycles. The zero-order valence-electron chi connectivity index (χ0n) is 17.8. The fourth-order valence-electron chi connectivity index (χ4n) is 3.28. The third-order valence-electron chi connectivity index (χ3n) is 5.04. The van der Waals surface area contributed by atoms with Crippen molar-refractivity contribution in [3.63, 3.8) is 0 Å². The molecule has 1 aliphatic rings. The van der Waals surface area contributed by atoms with Gasteiger partial charge in [0.15, 0.2) is 11.5 Å². The maximum Gasteiger partial charge on any atom is 0.262 e. The SMILES string of the molecule is CC(C)c1ccc(NC(=O)c2cccc(NS(=O)(=O)c3ccc4c(c3)OCCO4)c2)cc1. The molecule has 7 nitrogen and oxygen atoms in total. The zero-order chi connectivity index (χ0) is 22.7. The minimum Gasteiger partial charge on any atom is -0.486 e. The van der Waals surface area contributed by atoms with Crippen LogP contribution in [0.2, 0.25) is 0 Å². The van der Waals surface area contributed by atoms with E-state index in [0.29, 0.717) is 41.9 Å². The number of rotatable bonds is 6. The summed E-state index contributed by atoms with van der Waals surface area (Å²) in [5, 5.41) is 2.83. The Kier molecular flexibility index (Phi) is 6.05. The summed E-state index contributed by atoms with van der Waals surface area (Å²) in [5.74, 6) is 0.965. The minimum atomic E-state index is -3.88. The van der Waals surface area contributed by atoms with Crippen LogP contribution in [-0.4, -0.2) is 27.5 Å². The van der Waals surface area contributed by atoms with Crippen molar-refractivity contribution in [1.29, 1.82) is 0 Å². The first-order valence-electron chi connectivity index (χ1n) is 10.3. The highest BCUT2D eigenvalue weighted by Gasteiger charge is 2.20. The first-order valence-corrected chi connectivity index (χ1v) is 11.7. The Morgan fingerprint density at radius 3 is 2.31 bits per heavy atom. The third-order valence-corrected chi connectivity index (χ3v) is 6.42. The Bertz CT molecular complexity index is 1240. The number of fused-ring (bicyclic) bond motifs is 1. The lowest BCUT2D eigenvalue weighted by atomic mass is 10.0. The van der Waals surface area contributed by atoms with Gasteiger partial charge in [0.1, 0.15) is 13.2 Å². The van der Waals surface area contributed by atoms with Crippen LogP contribution < -0.4 is 19.5 Å². The Morgan fingerprint density at radius 2 is 1.59 bits per heavy atom. The molecule has 1 amide bonds. The summed E-state index contributed by atoms with van der Waals surface area (Å²) >= 11 is 0. The van der Waals surface area contributed by atoms with E-state index in [1.807, 2.05) is 24.3 Å². The number of benzene rings is 3. The molecule has 8 heteroatoms. The van der Waals surface area contributed by atoms with Crippen molar-refractivity contribution < 1.29 is 22.7 Å².